The smallest absolute Gasteiger partial charge is 0.333 e. The SMILES string of the molecule is CCOC(=O)CC(NC(=O)Cn1ccn(-c2ccc(CN=N)cc2)c1=O)c1cccnc1. The number of imidazole rings is 1. The average Bonchev–Trinajstić information content (AvgIpc) is 3.15. The Morgan fingerprint density at radius 2 is 2.00 bits per heavy atom. The minimum Gasteiger partial charge on any atom is -0.466 e. The van der Waals surface area contributed by atoms with Crippen molar-refractivity contribution in [3.8, 4) is 5.69 Å². The minimum atomic E-state index is -0.622. The summed E-state index contributed by atoms with van der Waals surface area (Å²) >= 11 is 0. The average molecular weight is 436 g/mol. The van der Waals surface area contributed by atoms with Crippen LogP contribution in [-0.4, -0.2) is 32.6 Å². The van der Waals surface area contributed by atoms with Gasteiger partial charge in [-0.15, -0.1) is 0 Å². The number of amides is 1. The number of nitrogens with one attached hydrogen (secondary N) is 2. The number of carbonyl (C=O) groups is 2. The van der Waals surface area contributed by atoms with Gasteiger partial charge in [0.2, 0.25) is 5.91 Å². The number of rotatable bonds is 10. The molecule has 10 heteroatoms. The van der Waals surface area contributed by atoms with E-state index in [1.54, 1.807) is 61.9 Å². The summed E-state index contributed by atoms with van der Waals surface area (Å²) < 4.78 is 7.71. The van der Waals surface area contributed by atoms with E-state index in [9.17, 15) is 14.4 Å². The summed E-state index contributed by atoms with van der Waals surface area (Å²) in [4.78, 5) is 41.4. The maximum Gasteiger partial charge on any atom is 0.333 e. The van der Waals surface area contributed by atoms with E-state index in [-0.39, 0.29) is 31.8 Å². The van der Waals surface area contributed by atoms with E-state index >= 15 is 0 Å². The summed E-state index contributed by atoms with van der Waals surface area (Å²) in [6.07, 6.45) is 6.24. The predicted molar refractivity (Wildman–Crippen MR) is 115 cm³/mol. The Labute approximate surface area is 184 Å². The van der Waals surface area contributed by atoms with Crippen molar-refractivity contribution in [1.82, 2.24) is 19.4 Å². The molecule has 1 atom stereocenters. The van der Waals surface area contributed by atoms with Gasteiger partial charge in [-0.1, -0.05) is 18.2 Å². The monoisotopic (exact) mass is 436 g/mol. The van der Waals surface area contributed by atoms with Crippen LogP contribution in [-0.2, 0) is 27.4 Å². The number of esters is 1. The molecule has 0 bridgehead atoms. The van der Waals surface area contributed by atoms with Gasteiger partial charge < -0.3 is 10.1 Å². The Kier molecular flexibility index (Phi) is 7.63. The first-order valence-electron chi connectivity index (χ1n) is 10.1. The third kappa shape index (κ3) is 5.75. The molecule has 10 nitrogen and oxygen atoms in total. The van der Waals surface area contributed by atoms with Crippen molar-refractivity contribution in [2.45, 2.75) is 32.5 Å². The Hall–Kier alpha value is -4.08. The third-order valence-electron chi connectivity index (χ3n) is 4.74. The zero-order chi connectivity index (χ0) is 22.9. The van der Waals surface area contributed by atoms with E-state index in [4.69, 9.17) is 10.3 Å². The molecule has 0 saturated carbocycles. The van der Waals surface area contributed by atoms with Crippen LogP contribution in [0.1, 0.15) is 30.5 Å². The maximum atomic E-state index is 12.7. The van der Waals surface area contributed by atoms with Gasteiger partial charge in [0.05, 0.1) is 31.3 Å². The van der Waals surface area contributed by atoms with Crippen molar-refractivity contribution in [2.24, 2.45) is 5.11 Å². The molecule has 1 unspecified atom stereocenters. The van der Waals surface area contributed by atoms with Crippen molar-refractivity contribution in [3.63, 3.8) is 0 Å². The Balaban J connectivity index is 1.72. The zero-order valence-electron chi connectivity index (χ0n) is 17.6. The molecule has 1 amide bonds. The van der Waals surface area contributed by atoms with Gasteiger partial charge in [0.15, 0.2) is 0 Å². The Bertz CT molecular complexity index is 1120. The van der Waals surface area contributed by atoms with E-state index in [1.807, 2.05) is 0 Å². The summed E-state index contributed by atoms with van der Waals surface area (Å²) in [5.74, 6) is -0.859. The third-order valence-corrected chi connectivity index (χ3v) is 4.74. The summed E-state index contributed by atoms with van der Waals surface area (Å²) in [5, 5.41) is 6.13. The van der Waals surface area contributed by atoms with Gasteiger partial charge >= 0.3 is 11.7 Å². The van der Waals surface area contributed by atoms with E-state index in [0.717, 1.165) is 5.56 Å². The maximum absolute atomic E-state index is 12.7. The van der Waals surface area contributed by atoms with Crippen LogP contribution in [0.5, 0.6) is 0 Å². The number of hydrogen-bond acceptors (Lipinski definition) is 7. The van der Waals surface area contributed by atoms with Crippen LogP contribution >= 0.6 is 0 Å². The van der Waals surface area contributed by atoms with Crippen molar-refractivity contribution in [3.05, 3.63) is 82.8 Å². The fraction of sp³-hybridized carbons (Fsp3) is 0.273. The van der Waals surface area contributed by atoms with Gasteiger partial charge in [0.25, 0.3) is 0 Å². The molecule has 0 radical (unpaired) electrons. The molecule has 0 fully saturated rings. The highest BCUT2D eigenvalue weighted by molar-refractivity contribution is 5.78. The normalized spacial score (nSPS) is 11.5. The number of carbonyl (C=O) groups excluding carboxylic acids is 2. The molecule has 32 heavy (non-hydrogen) atoms. The molecule has 0 aliphatic carbocycles. The van der Waals surface area contributed by atoms with Crippen molar-refractivity contribution in [1.29, 1.82) is 5.53 Å². The fourth-order valence-corrected chi connectivity index (χ4v) is 3.20. The lowest BCUT2D eigenvalue weighted by atomic mass is 10.1. The number of benzene rings is 1. The first-order valence-corrected chi connectivity index (χ1v) is 10.1. The van der Waals surface area contributed by atoms with Gasteiger partial charge in [-0.25, -0.2) is 10.3 Å². The molecular weight excluding hydrogens is 412 g/mol. The molecule has 2 heterocycles. The minimum absolute atomic E-state index is 0.0435. The predicted octanol–water partition coefficient (Wildman–Crippen LogP) is 2.38. The quantitative estimate of drug-likeness (QED) is 0.372. The van der Waals surface area contributed by atoms with Crippen LogP contribution in [0, 0.1) is 5.53 Å². The summed E-state index contributed by atoms with van der Waals surface area (Å²) in [5.41, 5.74) is 8.71. The zero-order valence-corrected chi connectivity index (χ0v) is 17.6. The van der Waals surface area contributed by atoms with Crippen LogP contribution in [0.25, 0.3) is 5.69 Å². The highest BCUT2D eigenvalue weighted by Gasteiger charge is 2.20. The number of nitrogens with zero attached hydrogens (tertiary/aromatic N) is 4. The Morgan fingerprint density at radius 1 is 1.22 bits per heavy atom. The van der Waals surface area contributed by atoms with Crippen LogP contribution in [0.2, 0.25) is 0 Å². The fourth-order valence-electron chi connectivity index (χ4n) is 3.20. The van der Waals surface area contributed by atoms with Crippen LogP contribution in [0.15, 0.2) is 71.1 Å². The van der Waals surface area contributed by atoms with Gasteiger partial charge in [-0.05, 0) is 36.2 Å². The number of hydrogen-bond donors (Lipinski definition) is 2. The molecule has 3 aromatic rings. The summed E-state index contributed by atoms with van der Waals surface area (Å²) in [6, 6.07) is 9.94. The highest BCUT2D eigenvalue weighted by atomic mass is 16.5. The van der Waals surface area contributed by atoms with E-state index in [2.05, 4.69) is 15.4 Å². The van der Waals surface area contributed by atoms with Gasteiger partial charge in [0.1, 0.15) is 6.54 Å². The van der Waals surface area contributed by atoms with Crippen molar-refractivity contribution >= 4 is 11.9 Å². The second kappa shape index (κ2) is 10.8. The Morgan fingerprint density at radius 3 is 2.66 bits per heavy atom. The molecule has 166 valence electrons. The first kappa shape index (κ1) is 22.6. The standard InChI is InChI=1S/C22H24N6O4/c1-2-32-21(30)12-19(17-4-3-9-24-14-17)26-20(29)15-27-10-11-28(22(27)31)18-7-5-16(6-8-18)13-25-23/h3-11,14,19,23H,2,12-13,15H2,1H3,(H,26,29). The van der Waals surface area contributed by atoms with Crippen LogP contribution in [0.3, 0.4) is 0 Å². The van der Waals surface area contributed by atoms with Gasteiger partial charge in [-0.3, -0.25) is 23.7 Å². The summed E-state index contributed by atoms with van der Waals surface area (Å²) in [7, 11) is 0. The molecule has 3 rings (SSSR count). The molecule has 2 N–H and O–H groups in total. The van der Waals surface area contributed by atoms with Crippen LogP contribution in [0.4, 0.5) is 0 Å². The van der Waals surface area contributed by atoms with Gasteiger partial charge in [0, 0.05) is 24.8 Å². The van der Waals surface area contributed by atoms with E-state index in [0.29, 0.717) is 11.3 Å². The second-order valence-electron chi connectivity index (χ2n) is 6.98. The largest absolute Gasteiger partial charge is 0.466 e. The highest BCUT2D eigenvalue weighted by Crippen LogP contribution is 2.16. The number of pyridine rings is 1. The molecule has 2 aromatic heterocycles. The second-order valence-corrected chi connectivity index (χ2v) is 6.98. The number of ether oxygens (including phenoxy) is 1. The first-order chi connectivity index (χ1) is 15.5. The van der Waals surface area contributed by atoms with Crippen molar-refractivity contribution < 1.29 is 14.3 Å². The lowest BCUT2D eigenvalue weighted by Gasteiger charge is -2.18. The molecule has 0 aliphatic rings. The number of aromatic nitrogens is 3. The van der Waals surface area contributed by atoms with Crippen LogP contribution < -0.4 is 11.0 Å². The molecule has 1 aromatic carbocycles. The lowest BCUT2D eigenvalue weighted by molar-refractivity contribution is -0.143. The molecule has 0 aliphatic heterocycles. The summed E-state index contributed by atoms with van der Waals surface area (Å²) in [6.45, 7) is 2.03. The molecule has 0 spiro atoms. The van der Waals surface area contributed by atoms with Crippen molar-refractivity contribution in [2.75, 3.05) is 6.61 Å². The topological polar surface area (TPSA) is 131 Å². The lowest BCUT2D eigenvalue weighted by Crippen LogP contribution is -2.36. The van der Waals surface area contributed by atoms with E-state index in [1.165, 1.54) is 15.3 Å². The molecule has 0 saturated heterocycles. The molecular formula is C22H24N6O4. The van der Waals surface area contributed by atoms with E-state index < -0.39 is 17.9 Å². The van der Waals surface area contributed by atoms with Gasteiger partial charge in [-0.2, -0.15) is 5.11 Å².